The van der Waals surface area contributed by atoms with Crippen LogP contribution in [0.2, 0.25) is 0 Å². The van der Waals surface area contributed by atoms with Gasteiger partial charge in [0.25, 0.3) is 0 Å². The highest BCUT2D eigenvalue weighted by molar-refractivity contribution is 5.99. The van der Waals surface area contributed by atoms with Crippen LogP contribution in [0.1, 0.15) is 11.8 Å². The Balaban J connectivity index is 0.00000192. The van der Waals surface area contributed by atoms with Crippen molar-refractivity contribution in [3.8, 4) is 17.2 Å². The van der Waals surface area contributed by atoms with Gasteiger partial charge in [0, 0.05) is 7.49 Å². The third-order valence-electron chi connectivity index (χ3n) is 3.37. The average Bonchev–Trinajstić information content (AvgIpc) is 2.52. The van der Waals surface area contributed by atoms with Crippen molar-refractivity contribution in [1.29, 1.82) is 0 Å². The van der Waals surface area contributed by atoms with Crippen molar-refractivity contribution in [1.82, 2.24) is 0 Å². The lowest BCUT2D eigenvalue weighted by Crippen LogP contribution is -2.11. The highest BCUT2D eigenvalue weighted by Crippen LogP contribution is 2.24. The minimum atomic E-state index is -0.356. The van der Waals surface area contributed by atoms with E-state index < -0.39 is 0 Å². The first kappa shape index (κ1) is 13.9. The number of carbonyl (C=O) groups is 1. The summed E-state index contributed by atoms with van der Waals surface area (Å²) in [5.41, 5.74) is 0.124. The largest absolute Gasteiger partial charge is 0.508 e. The van der Waals surface area contributed by atoms with E-state index in [4.69, 9.17) is 4.74 Å². The molecule has 2 N–H and O–H groups in total. The Morgan fingerprint density at radius 1 is 0.955 bits per heavy atom. The van der Waals surface area contributed by atoms with E-state index in [9.17, 15) is 15.0 Å². The van der Waals surface area contributed by atoms with Gasteiger partial charge in [0.1, 0.15) is 17.2 Å². The second-order valence-electron chi connectivity index (χ2n) is 4.92. The van der Waals surface area contributed by atoms with E-state index >= 15 is 0 Å². The monoisotopic (exact) mass is 296 g/mol. The molecule has 0 heterocycles. The molecule has 4 nitrogen and oxygen atoms in total. The van der Waals surface area contributed by atoms with Crippen LogP contribution in [-0.4, -0.2) is 22.6 Å². The summed E-state index contributed by atoms with van der Waals surface area (Å²) in [5, 5.41) is 21.0. The third kappa shape index (κ3) is 2.86. The summed E-state index contributed by atoms with van der Waals surface area (Å²) >= 11 is 0. The summed E-state index contributed by atoms with van der Waals surface area (Å²) in [6.45, 7) is -0.184. The van der Waals surface area contributed by atoms with E-state index in [1.807, 2.05) is 36.4 Å². The fourth-order valence-electron chi connectivity index (χ4n) is 2.24. The number of aromatic hydroxyl groups is 2. The Kier molecular flexibility index (Phi) is 3.66. The number of ether oxygens (including phenoxy) is 1. The molecule has 0 fully saturated rings. The molecule has 0 bridgehead atoms. The average molecular weight is 296 g/mol. The molecule has 0 saturated heterocycles. The zero-order chi connectivity index (χ0) is 15.5. The van der Waals surface area contributed by atoms with Crippen LogP contribution in [0.3, 0.4) is 0 Å². The normalized spacial score (nSPS) is 10.5. The SMILES string of the molecule is O=C(COc1ccc2ccccc2c1)c1ccc(O)cc1O.[HH]. The highest BCUT2D eigenvalue weighted by Gasteiger charge is 2.12. The molecule has 0 aliphatic carbocycles. The van der Waals surface area contributed by atoms with Gasteiger partial charge >= 0.3 is 0 Å². The van der Waals surface area contributed by atoms with Gasteiger partial charge in [0.05, 0.1) is 5.56 Å². The molecule has 0 unspecified atom stereocenters. The molecule has 0 spiro atoms. The zero-order valence-corrected chi connectivity index (χ0v) is 11.7. The predicted octanol–water partition coefficient (Wildman–Crippen LogP) is 3.76. The number of rotatable bonds is 4. The molecule has 3 aromatic rings. The van der Waals surface area contributed by atoms with E-state index in [1.54, 1.807) is 6.07 Å². The van der Waals surface area contributed by atoms with Gasteiger partial charge < -0.3 is 14.9 Å². The number of hydrogen-bond donors (Lipinski definition) is 2. The van der Waals surface area contributed by atoms with Gasteiger partial charge in [-0.1, -0.05) is 30.3 Å². The minimum Gasteiger partial charge on any atom is -0.508 e. The molecular weight excluding hydrogens is 280 g/mol. The van der Waals surface area contributed by atoms with Crippen LogP contribution in [0.4, 0.5) is 0 Å². The second-order valence-corrected chi connectivity index (χ2v) is 4.92. The van der Waals surface area contributed by atoms with Gasteiger partial charge in [-0.25, -0.2) is 0 Å². The minimum absolute atomic E-state index is 0. The molecule has 0 amide bonds. The molecule has 0 atom stereocenters. The van der Waals surface area contributed by atoms with Crippen LogP contribution in [0.5, 0.6) is 17.2 Å². The number of benzene rings is 3. The van der Waals surface area contributed by atoms with E-state index in [1.165, 1.54) is 12.1 Å². The van der Waals surface area contributed by atoms with Crippen molar-refractivity contribution in [3.63, 3.8) is 0 Å². The van der Waals surface area contributed by atoms with Crippen LogP contribution >= 0.6 is 0 Å². The van der Waals surface area contributed by atoms with Crippen LogP contribution < -0.4 is 4.74 Å². The summed E-state index contributed by atoms with van der Waals surface area (Å²) in [6, 6.07) is 17.3. The molecule has 0 radical (unpaired) electrons. The van der Waals surface area contributed by atoms with Crippen molar-refractivity contribution in [2.45, 2.75) is 0 Å². The van der Waals surface area contributed by atoms with Crippen LogP contribution in [-0.2, 0) is 0 Å². The maximum atomic E-state index is 12.0. The lowest BCUT2D eigenvalue weighted by atomic mass is 10.1. The molecule has 0 saturated carbocycles. The van der Waals surface area contributed by atoms with E-state index in [0.717, 1.165) is 16.8 Å². The molecule has 4 heteroatoms. The predicted molar refractivity (Wildman–Crippen MR) is 85.7 cm³/mol. The number of Topliss-reactive ketones (excluding diaryl/α,β-unsaturated/α-hetero) is 1. The Labute approximate surface area is 128 Å². The van der Waals surface area contributed by atoms with E-state index in [2.05, 4.69) is 0 Å². The van der Waals surface area contributed by atoms with Gasteiger partial charge in [-0.05, 0) is 35.0 Å². The molecule has 0 aromatic heterocycles. The Bertz CT molecular complexity index is 845. The summed E-state index contributed by atoms with van der Waals surface area (Å²) in [7, 11) is 0. The molecule has 0 aliphatic heterocycles. The van der Waals surface area contributed by atoms with Gasteiger partial charge in [-0.2, -0.15) is 0 Å². The fourth-order valence-corrected chi connectivity index (χ4v) is 2.24. The Hall–Kier alpha value is -3.01. The number of phenols is 2. The van der Waals surface area contributed by atoms with Gasteiger partial charge in [0.2, 0.25) is 5.78 Å². The van der Waals surface area contributed by atoms with Crippen LogP contribution in [0, 0.1) is 0 Å². The number of phenolic OH excluding ortho intramolecular Hbond substituents is 2. The number of ketones is 1. The molecule has 3 aromatic carbocycles. The fraction of sp³-hybridized carbons (Fsp3) is 0.0556. The van der Waals surface area contributed by atoms with Crippen molar-refractivity contribution in [2.75, 3.05) is 6.61 Å². The summed E-state index contributed by atoms with van der Waals surface area (Å²) in [6.07, 6.45) is 0. The van der Waals surface area contributed by atoms with Gasteiger partial charge in [-0.15, -0.1) is 0 Å². The standard InChI is InChI=1S/C18H14O4.H2/c19-14-6-8-16(17(20)10-14)18(21)11-22-15-7-5-12-3-1-2-4-13(12)9-15;/h1-10,19-20H,11H2;1H. The zero-order valence-electron chi connectivity index (χ0n) is 11.7. The van der Waals surface area contributed by atoms with E-state index in [0.29, 0.717) is 5.75 Å². The third-order valence-corrected chi connectivity index (χ3v) is 3.37. The van der Waals surface area contributed by atoms with Crippen molar-refractivity contribution in [3.05, 3.63) is 66.2 Å². The lowest BCUT2D eigenvalue weighted by Gasteiger charge is -2.08. The Morgan fingerprint density at radius 2 is 1.73 bits per heavy atom. The lowest BCUT2D eigenvalue weighted by molar-refractivity contribution is 0.0919. The number of carbonyl (C=O) groups excluding carboxylic acids is 1. The topological polar surface area (TPSA) is 66.8 Å². The first-order valence-electron chi connectivity index (χ1n) is 6.80. The number of fused-ring (bicyclic) bond motifs is 1. The van der Waals surface area contributed by atoms with Crippen molar-refractivity contribution < 1.29 is 21.2 Å². The quantitative estimate of drug-likeness (QED) is 0.719. The second kappa shape index (κ2) is 5.77. The molecule has 0 aliphatic rings. The van der Waals surface area contributed by atoms with Gasteiger partial charge in [-0.3, -0.25) is 4.79 Å². The summed E-state index contributed by atoms with van der Waals surface area (Å²) < 4.78 is 5.49. The van der Waals surface area contributed by atoms with E-state index in [-0.39, 0.29) is 30.9 Å². The van der Waals surface area contributed by atoms with Crippen LogP contribution in [0.15, 0.2) is 60.7 Å². The highest BCUT2D eigenvalue weighted by atomic mass is 16.5. The molecule has 3 rings (SSSR count). The first-order chi connectivity index (χ1) is 10.6. The molecule has 22 heavy (non-hydrogen) atoms. The number of hydrogen-bond acceptors (Lipinski definition) is 4. The van der Waals surface area contributed by atoms with Crippen LogP contribution in [0.25, 0.3) is 10.8 Å². The smallest absolute Gasteiger partial charge is 0.203 e. The summed E-state index contributed by atoms with van der Waals surface area (Å²) in [5.74, 6) is -0.118. The maximum Gasteiger partial charge on any atom is 0.203 e. The molecule has 112 valence electrons. The Morgan fingerprint density at radius 3 is 2.50 bits per heavy atom. The van der Waals surface area contributed by atoms with Gasteiger partial charge in [0.15, 0.2) is 6.61 Å². The summed E-state index contributed by atoms with van der Waals surface area (Å²) in [4.78, 5) is 12.0. The first-order valence-corrected chi connectivity index (χ1v) is 6.80. The van der Waals surface area contributed by atoms with Crippen molar-refractivity contribution in [2.24, 2.45) is 0 Å². The van der Waals surface area contributed by atoms with Crippen molar-refractivity contribution >= 4 is 16.6 Å². The maximum absolute atomic E-state index is 12.0. The molecular formula is C18H16O4.